The second-order valence-electron chi connectivity index (χ2n) is 3.06. The van der Waals surface area contributed by atoms with Crippen LogP contribution in [0.15, 0.2) is 30.5 Å². The van der Waals surface area contributed by atoms with Crippen molar-refractivity contribution >= 4 is 41.0 Å². The molecule has 0 radical (unpaired) electrons. The van der Waals surface area contributed by atoms with Crippen LogP contribution in [-0.4, -0.2) is 12.1 Å². The summed E-state index contributed by atoms with van der Waals surface area (Å²) in [5.41, 5.74) is 1.82. The zero-order valence-electron chi connectivity index (χ0n) is 10.5. The highest BCUT2D eigenvalue weighted by molar-refractivity contribution is 14.2. The fourth-order valence-corrected chi connectivity index (χ4v) is 1.95. The van der Waals surface area contributed by atoms with E-state index < -0.39 is 0 Å². The van der Waals surface area contributed by atoms with E-state index in [1.54, 1.807) is 13.3 Å². The third kappa shape index (κ3) is 3.79. The van der Waals surface area contributed by atoms with E-state index in [0.29, 0.717) is 0 Å². The molecule has 1 aromatic heterocycles. The smallest absolute Gasteiger partial charge is 0.146 e. The third-order valence-corrected chi connectivity index (χ3v) is 2.96. The van der Waals surface area contributed by atoms with E-state index in [-0.39, 0.29) is 0 Å². The highest BCUT2D eigenvalue weighted by atomic mass is 127. The quantitative estimate of drug-likeness (QED) is 0.538. The first kappa shape index (κ1) is 15.1. The van der Waals surface area contributed by atoms with Crippen molar-refractivity contribution in [2.24, 2.45) is 0 Å². The van der Waals surface area contributed by atoms with Crippen molar-refractivity contribution in [3.05, 3.63) is 36.0 Å². The van der Waals surface area contributed by atoms with Gasteiger partial charge in [0.25, 0.3) is 0 Å². The highest BCUT2D eigenvalue weighted by Crippen LogP contribution is 2.25. The van der Waals surface area contributed by atoms with Crippen LogP contribution in [0, 0.1) is 11.2 Å². The van der Waals surface area contributed by atoms with E-state index in [1.807, 2.05) is 38.1 Å². The van der Waals surface area contributed by atoms with Crippen molar-refractivity contribution in [3.63, 3.8) is 0 Å². The van der Waals surface area contributed by atoms with Gasteiger partial charge >= 0.3 is 0 Å². The zero-order chi connectivity index (χ0) is 13.4. The first-order chi connectivity index (χ1) is 8.85. The minimum absolute atomic E-state index is 0.765. The maximum atomic E-state index is 5.31. The Morgan fingerprint density at radius 3 is 2.78 bits per heavy atom. The SMILES string of the molecule is CC.COc1cc(C#CSI)cc2cccnc12. The highest BCUT2D eigenvalue weighted by Gasteiger charge is 2.03. The average molecular weight is 371 g/mol. The summed E-state index contributed by atoms with van der Waals surface area (Å²) in [5.74, 6) is 3.82. The van der Waals surface area contributed by atoms with Crippen molar-refractivity contribution in [2.45, 2.75) is 13.8 Å². The second kappa shape index (κ2) is 8.22. The number of ether oxygens (including phenoxy) is 1. The third-order valence-electron chi connectivity index (χ3n) is 2.12. The molecule has 0 saturated carbocycles. The Morgan fingerprint density at radius 1 is 1.33 bits per heavy atom. The first-order valence-corrected chi connectivity index (χ1v) is 8.92. The van der Waals surface area contributed by atoms with Gasteiger partial charge in [-0.25, -0.2) is 0 Å². The predicted octanol–water partition coefficient (Wildman–Crippen LogP) is 4.66. The number of fused-ring (bicyclic) bond motifs is 1. The molecule has 0 amide bonds. The van der Waals surface area contributed by atoms with Crippen LogP contribution in [0.1, 0.15) is 19.4 Å². The zero-order valence-corrected chi connectivity index (χ0v) is 13.5. The van der Waals surface area contributed by atoms with E-state index in [1.165, 1.54) is 8.93 Å². The molecule has 0 aliphatic rings. The lowest BCUT2D eigenvalue weighted by Crippen LogP contribution is -1.88. The maximum absolute atomic E-state index is 5.31. The van der Waals surface area contributed by atoms with E-state index >= 15 is 0 Å². The number of aromatic nitrogens is 1. The molecule has 0 atom stereocenters. The van der Waals surface area contributed by atoms with Crippen molar-refractivity contribution < 1.29 is 4.74 Å². The summed E-state index contributed by atoms with van der Waals surface area (Å²) >= 11 is 2.15. The van der Waals surface area contributed by atoms with Crippen LogP contribution < -0.4 is 4.74 Å². The van der Waals surface area contributed by atoms with Crippen molar-refractivity contribution in [3.8, 4) is 16.9 Å². The van der Waals surface area contributed by atoms with Crippen LogP contribution in [0.5, 0.6) is 5.75 Å². The molecule has 1 aromatic carbocycles. The molecule has 0 N–H and O–H groups in total. The number of methoxy groups -OCH3 is 1. The number of pyridine rings is 1. The van der Waals surface area contributed by atoms with Crippen LogP contribution in [-0.2, 0) is 0 Å². The van der Waals surface area contributed by atoms with Crippen molar-refractivity contribution in [1.29, 1.82) is 0 Å². The lowest BCUT2D eigenvalue weighted by molar-refractivity contribution is 0.419. The summed E-state index contributed by atoms with van der Waals surface area (Å²) in [6.07, 6.45) is 1.76. The summed E-state index contributed by atoms with van der Waals surface area (Å²) in [6, 6.07) is 7.85. The summed E-state index contributed by atoms with van der Waals surface area (Å²) < 4.78 is 5.31. The van der Waals surface area contributed by atoms with E-state index in [2.05, 4.69) is 37.4 Å². The van der Waals surface area contributed by atoms with Gasteiger partial charge in [0.2, 0.25) is 0 Å². The molecule has 2 aromatic rings. The van der Waals surface area contributed by atoms with Gasteiger partial charge in [-0.3, -0.25) is 4.98 Å². The summed E-state index contributed by atoms with van der Waals surface area (Å²) in [4.78, 5) is 4.29. The average Bonchev–Trinajstić information content (AvgIpc) is 2.46. The van der Waals surface area contributed by atoms with Gasteiger partial charge in [-0.05, 0) is 32.4 Å². The monoisotopic (exact) mass is 371 g/mol. The molecule has 0 aliphatic carbocycles. The Labute approximate surface area is 124 Å². The Morgan fingerprint density at radius 2 is 2.11 bits per heavy atom. The van der Waals surface area contributed by atoms with Crippen LogP contribution in [0.3, 0.4) is 0 Å². The van der Waals surface area contributed by atoms with Gasteiger partial charge in [0.1, 0.15) is 11.3 Å². The Hall–Kier alpha value is -0.930. The molecule has 0 aliphatic heterocycles. The molecule has 94 valence electrons. The fraction of sp³-hybridized carbons (Fsp3) is 0.214. The van der Waals surface area contributed by atoms with E-state index in [4.69, 9.17) is 4.74 Å². The number of nitrogens with zero attached hydrogens (tertiary/aromatic N) is 1. The van der Waals surface area contributed by atoms with Gasteiger partial charge in [-0.1, -0.05) is 25.8 Å². The number of benzene rings is 1. The lowest BCUT2D eigenvalue weighted by atomic mass is 10.1. The van der Waals surface area contributed by atoms with Crippen molar-refractivity contribution in [2.75, 3.05) is 7.11 Å². The second-order valence-corrected chi connectivity index (χ2v) is 4.74. The topological polar surface area (TPSA) is 22.1 Å². The maximum Gasteiger partial charge on any atom is 0.146 e. The molecule has 0 unspecified atom stereocenters. The molecule has 4 heteroatoms. The van der Waals surface area contributed by atoms with Gasteiger partial charge < -0.3 is 4.74 Å². The van der Waals surface area contributed by atoms with Crippen LogP contribution in [0.25, 0.3) is 10.9 Å². The molecule has 1 heterocycles. The van der Waals surface area contributed by atoms with Gasteiger partial charge in [0, 0.05) is 38.4 Å². The summed E-state index contributed by atoms with van der Waals surface area (Å²) in [5, 5.41) is 4.00. The summed E-state index contributed by atoms with van der Waals surface area (Å²) in [7, 11) is 3.11. The molecular weight excluding hydrogens is 357 g/mol. The Bertz CT molecular complexity index is 575. The predicted molar refractivity (Wildman–Crippen MR) is 88.1 cm³/mol. The van der Waals surface area contributed by atoms with Gasteiger partial charge in [-0.15, -0.1) is 0 Å². The Balaban J connectivity index is 0.000000771. The standard InChI is InChI=1S/C12H8INOS.C2H6/c1-15-11-8-9(4-6-16-13)7-10-3-2-5-14-12(10)11;1-2/h2-3,5,7-8H,1H3;1-2H3. The minimum Gasteiger partial charge on any atom is -0.494 e. The molecule has 0 saturated heterocycles. The molecule has 0 spiro atoms. The van der Waals surface area contributed by atoms with Gasteiger partial charge in [0.15, 0.2) is 0 Å². The molecular formula is C14H14INOS. The van der Waals surface area contributed by atoms with Gasteiger partial charge in [0.05, 0.1) is 7.11 Å². The normalized spacial score (nSPS) is 8.89. The summed E-state index contributed by atoms with van der Waals surface area (Å²) in [6.45, 7) is 4.00. The number of hydrogen-bond donors (Lipinski definition) is 0. The molecule has 2 nitrogen and oxygen atoms in total. The number of halogens is 1. The molecule has 0 fully saturated rings. The molecule has 18 heavy (non-hydrogen) atoms. The fourth-order valence-electron chi connectivity index (χ4n) is 1.46. The molecule has 0 bridgehead atoms. The van der Waals surface area contributed by atoms with E-state index in [0.717, 1.165) is 22.2 Å². The number of rotatable bonds is 1. The van der Waals surface area contributed by atoms with Crippen LogP contribution in [0.2, 0.25) is 0 Å². The van der Waals surface area contributed by atoms with Crippen LogP contribution in [0.4, 0.5) is 0 Å². The Kier molecular flexibility index (Phi) is 6.91. The van der Waals surface area contributed by atoms with Crippen molar-refractivity contribution in [1.82, 2.24) is 4.98 Å². The largest absolute Gasteiger partial charge is 0.494 e. The minimum atomic E-state index is 0.765. The lowest BCUT2D eigenvalue weighted by Gasteiger charge is -2.04. The van der Waals surface area contributed by atoms with Gasteiger partial charge in [-0.2, -0.15) is 0 Å². The first-order valence-electron chi connectivity index (χ1n) is 5.56. The number of hydrogen-bond acceptors (Lipinski definition) is 3. The van der Waals surface area contributed by atoms with Crippen LogP contribution >= 0.6 is 30.1 Å². The van der Waals surface area contributed by atoms with E-state index in [9.17, 15) is 0 Å². The molecule has 2 rings (SSSR count).